The Bertz CT molecular complexity index is 1400. The summed E-state index contributed by atoms with van der Waals surface area (Å²) in [5.41, 5.74) is 6.30. The van der Waals surface area contributed by atoms with Gasteiger partial charge < -0.3 is 10.4 Å². The Labute approximate surface area is 204 Å². The molecule has 0 fully saturated rings. The van der Waals surface area contributed by atoms with E-state index < -0.39 is 0 Å². The first-order valence-electron chi connectivity index (χ1n) is 10.8. The number of aromatic hydroxyl groups is 1. The molecule has 6 nitrogen and oxygen atoms in total. The standard InChI is InChI=1S/C27H20BrN3O3/c28-20-7-1-16(2-8-20)14-24(34)30-27-25(18-4-9-21(33)10-5-18)31-26-22-11-3-17(15-32)13-19(22)6-12-23(26)29-27/h1-5,7-11,13,15,33H,6,12,14H2,(H,29,30,34). The van der Waals surface area contributed by atoms with Crippen LogP contribution in [0.3, 0.4) is 0 Å². The molecule has 1 amide bonds. The van der Waals surface area contributed by atoms with Gasteiger partial charge in [-0.2, -0.15) is 0 Å². The van der Waals surface area contributed by atoms with Crippen molar-refractivity contribution >= 4 is 33.9 Å². The van der Waals surface area contributed by atoms with E-state index in [1.54, 1.807) is 30.3 Å². The molecule has 0 atom stereocenters. The number of nitrogens with one attached hydrogen (secondary N) is 1. The zero-order valence-electron chi connectivity index (χ0n) is 18.1. The Morgan fingerprint density at radius 2 is 1.74 bits per heavy atom. The molecule has 1 aromatic heterocycles. The first kappa shape index (κ1) is 22.0. The molecule has 3 aromatic carbocycles. The number of benzene rings is 3. The van der Waals surface area contributed by atoms with Crippen molar-refractivity contribution in [1.82, 2.24) is 9.97 Å². The minimum atomic E-state index is -0.191. The number of halogens is 1. The third kappa shape index (κ3) is 4.47. The van der Waals surface area contributed by atoms with Crippen molar-refractivity contribution in [3.63, 3.8) is 0 Å². The van der Waals surface area contributed by atoms with Gasteiger partial charge in [0.25, 0.3) is 0 Å². The maximum Gasteiger partial charge on any atom is 0.230 e. The third-order valence-electron chi connectivity index (χ3n) is 5.80. The largest absolute Gasteiger partial charge is 0.508 e. The summed E-state index contributed by atoms with van der Waals surface area (Å²) in [5.74, 6) is 0.338. The molecule has 0 bridgehead atoms. The highest BCUT2D eigenvalue weighted by Gasteiger charge is 2.23. The van der Waals surface area contributed by atoms with E-state index in [2.05, 4.69) is 21.2 Å². The Morgan fingerprint density at radius 1 is 0.971 bits per heavy atom. The van der Waals surface area contributed by atoms with Crippen LogP contribution in [0.15, 0.2) is 71.2 Å². The number of aryl methyl sites for hydroxylation is 2. The van der Waals surface area contributed by atoms with Gasteiger partial charge >= 0.3 is 0 Å². The summed E-state index contributed by atoms with van der Waals surface area (Å²) >= 11 is 3.41. The second kappa shape index (κ2) is 9.19. The fourth-order valence-electron chi connectivity index (χ4n) is 4.11. The van der Waals surface area contributed by atoms with Crippen LogP contribution >= 0.6 is 15.9 Å². The van der Waals surface area contributed by atoms with Crippen LogP contribution in [0.2, 0.25) is 0 Å². The summed E-state index contributed by atoms with van der Waals surface area (Å²) < 4.78 is 0.951. The second-order valence-electron chi connectivity index (χ2n) is 8.15. The van der Waals surface area contributed by atoms with Gasteiger partial charge in [-0.25, -0.2) is 9.97 Å². The van der Waals surface area contributed by atoms with Gasteiger partial charge in [-0.05, 0) is 66.4 Å². The van der Waals surface area contributed by atoms with Crippen LogP contribution in [0, 0.1) is 0 Å². The first-order valence-corrected chi connectivity index (χ1v) is 11.6. The summed E-state index contributed by atoms with van der Waals surface area (Å²) in [6.07, 6.45) is 2.44. The van der Waals surface area contributed by atoms with Gasteiger partial charge in [0.1, 0.15) is 17.7 Å². The molecule has 1 heterocycles. The monoisotopic (exact) mass is 513 g/mol. The SMILES string of the molecule is O=Cc1ccc2c(c1)CCc1nc(NC(=O)Cc3ccc(Br)cc3)c(-c3ccc(O)cc3)nc1-2. The Hall–Kier alpha value is -3.84. The molecule has 0 spiro atoms. The van der Waals surface area contributed by atoms with Gasteiger partial charge in [0.05, 0.1) is 17.8 Å². The van der Waals surface area contributed by atoms with Crippen molar-refractivity contribution in [3.05, 3.63) is 93.6 Å². The molecule has 0 unspecified atom stereocenters. The maximum atomic E-state index is 12.9. The number of fused-ring (bicyclic) bond motifs is 3. The van der Waals surface area contributed by atoms with E-state index >= 15 is 0 Å². The summed E-state index contributed by atoms with van der Waals surface area (Å²) in [6.45, 7) is 0. The molecule has 1 aliphatic carbocycles. The minimum Gasteiger partial charge on any atom is -0.508 e. The van der Waals surface area contributed by atoms with Gasteiger partial charge in [0.15, 0.2) is 5.82 Å². The highest BCUT2D eigenvalue weighted by molar-refractivity contribution is 9.10. The predicted octanol–water partition coefficient (Wildman–Crippen LogP) is 5.37. The zero-order chi connectivity index (χ0) is 23.7. The molecule has 0 saturated carbocycles. The Kier molecular flexibility index (Phi) is 5.94. The number of aldehydes is 1. The number of amides is 1. The number of phenolic OH excluding ortho intramolecular Hbond substituents is 1. The average molecular weight is 514 g/mol. The normalized spacial score (nSPS) is 11.9. The summed E-state index contributed by atoms with van der Waals surface area (Å²) in [4.78, 5) is 33.8. The van der Waals surface area contributed by atoms with E-state index in [1.807, 2.05) is 36.4 Å². The molecule has 168 valence electrons. The lowest BCUT2D eigenvalue weighted by atomic mass is 9.90. The molecule has 7 heteroatoms. The van der Waals surface area contributed by atoms with E-state index in [1.165, 1.54) is 0 Å². The first-order chi connectivity index (χ1) is 16.5. The second-order valence-corrected chi connectivity index (χ2v) is 9.06. The lowest BCUT2D eigenvalue weighted by Gasteiger charge is -2.21. The number of anilines is 1. The number of nitrogens with zero attached hydrogens (tertiary/aromatic N) is 2. The number of hydrogen-bond donors (Lipinski definition) is 2. The Balaban J connectivity index is 1.55. The predicted molar refractivity (Wildman–Crippen MR) is 134 cm³/mol. The average Bonchev–Trinajstić information content (AvgIpc) is 2.85. The zero-order valence-corrected chi connectivity index (χ0v) is 19.7. The topological polar surface area (TPSA) is 92.2 Å². The van der Waals surface area contributed by atoms with E-state index in [9.17, 15) is 14.7 Å². The van der Waals surface area contributed by atoms with Gasteiger partial charge in [-0.1, -0.05) is 40.2 Å². The number of aromatic nitrogens is 2. The van der Waals surface area contributed by atoms with Crippen molar-refractivity contribution < 1.29 is 14.7 Å². The maximum absolute atomic E-state index is 12.9. The molecular weight excluding hydrogens is 494 g/mol. The molecule has 0 saturated heterocycles. The molecule has 34 heavy (non-hydrogen) atoms. The number of hydrogen-bond acceptors (Lipinski definition) is 5. The van der Waals surface area contributed by atoms with Crippen molar-refractivity contribution in [2.75, 3.05) is 5.32 Å². The fourth-order valence-corrected chi connectivity index (χ4v) is 4.37. The molecule has 0 radical (unpaired) electrons. The molecule has 1 aliphatic rings. The highest BCUT2D eigenvalue weighted by atomic mass is 79.9. The van der Waals surface area contributed by atoms with Gasteiger partial charge in [0, 0.05) is 21.2 Å². The van der Waals surface area contributed by atoms with Crippen LogP contribution in [0.5, 0.6) is 5.75 Å². The van der Waals surface area contributed by atoms with Crippen LogP contribution in [-0.2, 0) is 24.1 Å². The molecule has 2 N–H and O–H groups in total. The lowest BCUT2D eigenvalue weighted by molar-refractivity contribution is -0.115. The van der Waals surface area contributed by atoms with E-state index in [4.69, 9.17) is 9.97 Å². The fraction of sp³-hybridized carbons (Fsp3) is 0.111. The van der Waals surface area contributed by atoms with Gasteiger partial charge in [-0.15, -0.1) is 0 Å². The molecule has 0 aliphatic heterocycles. The van der Waals surface area contributed by atoms with Crippen molar-refractivity contribution in [2.24, 2.45) is 0 Å². The molecule has 4 aromatic rings. The summed E-state index contributed by atoms with van der Waals surface area (Å²) in [6, 6.07) is 19.8. The summed E-state index contributed by atoms with van der Waals surface area (Å²) in [7, 11) is 0. The van der Waals surface area contributed by atoms with Crippen LogP contribution in [0.4, 0.5) is 5.82 Å². The highest BCUT2D eigenvalue weighted by Crippen LogP contribution is 2.36. The van der Waals surface area contributed by atoms with Gasteiger partial charge in [-0.3, -0.25) is 9.59 Å². The lowest BCUT2D eigenvalue weighted by Crippen LogP contribution is -2.19. The van der Waals surface area contributed by atoms with Crippen LogP contribution in [0.1, 0.15) is 27.2 Å². The third-order valence-corrected chi connectivity index (χ3v) is 6.32. The summed E-state index contributed by atoms with van der Waals surface area (Å²) in [5, 5.41) is 12.7. The van der Waals surface area contributed by atoms with E-state index in [0.29, 0.717) is 23.5 Å². The molecule has 5 rings (SSSR count). The van der Waals surface area contributed by atoms with Gasteiger partial charge in [0.2, 0.25) is 5.91 Å². The number of carbonyl (C=O) groups is 2. The van der Waals surface area contributed by atoms with Crippen LogP contribution in [0.25, 0.3) is 22.5 Å². The van der Waals surface area contributed by atoms with E-state index in [-0.39, 0.29) is 18.1 Å². The minimum absolute atomic E-state index is 0.141. The van der Waals surface area contributed by atoms with Crippen molar-refractivity contribution in [3.8, 4) is 28.3 Å². The quantitative estimate of drug-likeness (QED) is 0.350. The Morgan fingerprint density at radius 3 is 2.47 bits per heavy atom. The van der Waals surface area contributed by atoms with Crippen LogP contribution < -0.4 is 5.32 Å². The van der Waals surface area contributed by atoms with Crippen molar-refractivity contribution in [2.45, 2.75) is 19.3 Å². The number of phenols is 1. The van der Waals surface area contributed by atoms with E-state index in [0.717, 1.165) is 50.8 Å². The smallest absolute Gasteiger partial charge is 0.230 e. The number of carbonyl (C=O) groups excluding carboxylic acids is 2. The molecular formula is C27H20BrN3O3. The van der Waals surface area contributed by atoms with Crippen molar-refractivity contribution in [1.29, 1.82) is 0 Å². The van der Waals surface area contributed by atoms with Crippen LogP contribution in [-0.4, -0.2) is 27.3 Å². The number of rotatable bonds is 5.